The van der Waals surface area contributed by atoms with Crippen LogP contribution in [-0.4, -0.2) is 13.5 Å². The first kappa shape index (κ1) is 14.4. The molecule has 0 saturated carbocycles. The van der Waals surface area contributed by atoms with Gasteiger partial charge < -0.3 is 5.11 Å². The molecule has 0 unspecified atom stereocenters. The molecule has 0 bridgehead atoms. The molecule has 0 aliphatic heterocycles. The van der Waals surface area contributed by atoms with Crippen LogP contribution in [0.4, 0.5) is 5.69 Å². The summed E-state index contributed by atoms with van der Waals surface area (Å²) in [4.78, 5) is 0.242. The number of hydrogen-bond acceptors (Lipinski definition) is 3. The second-order valence-electron chi connectivity index (χ2n) is 4.82. The minimum absolute atomic E-state index is 0.0610. The highest BCUT2D eigenvalue weighted by atomic mass is 32.2. The maximum atomic E-state index is 12.4. The van der Waals surface area contributed by atoms with Crippen LogP contribution in [0.3, 0.4) is 0 Å². The highest BCUT2D eigenvalue weighted by molar-refractivity contribution is 7.92. The maximum Gasteiger partial charge on any atom is 0.262 e. The summed E-state index contributed by atoms with van der Waals surface area (Å²) in [5.41, 5.74) is 2.58. The third-order valence-electron chi connectivity index (χ3n) is 3.17. The number of nitrogens with one attached hydrogen (secondary N) is 1. The summed E-state index contributed by atoms with van der Waals surface area (Å²) in [5.74, 6) is 0.0610. The number of phenols is 1. The van der Waals surface area contributed by atoms with Crippen LogP contribution in [-0.2, 0) is 10.0 Å². The lowest BCUT2D eigenvalue weighted by molar-refractivity contribution is 0.471. The van der Waals surface area contributed by atoms with Gasteiger partial charge in [0.2, 0.25) is 0 Å². The normalized spacial score (nSPS) is 11.3. The lowest BCUT2D eigenvalue weighted by Gasteiger charge is -2.13. The molecule has 2 aromatic carbocycles. The van der Waals surface area contributed by atoms with Crippen molar-refractivity contribution in [1.29, 1.82) is 0 Å². The molecule has 0 heterocycles. The van der Waals surface area contributed by atoms with Crippen molar-refractivity contribution in [2.75, 3.05) is 4.72 Å². The maximum absolute atomic E-state index is 12.4. The van der Waals surface area contributed by atoms with E-state index in [9.17, 15) is 13.5 Å². The standard InChI is InChI=1S/C15H17NO3S/c1-10-7-8-15(11(2)9-10)20(18,19)16-13-5-4-6-14(17)12(13)3/h4-9,16-17H,1-3H3. The first-order valence-electron chi connectivity index (χ1n) is 6.20. The van der Waals surface area contributed by atoms with E-state index < -0.39 is 10.0 Å². The molecule has 0 saturated heterocycles. The zero-order valence-corrected chi connectivity index (χ0v) is 12.5. The van der Waals surface area contributed by atoms with Gasteiger partial charge in [0.25, 0.3) is 10.0 Å². The van der Waals surface area contributed by atoms with E-state index in [0.29, 0.717) is 16.8 Å². The van der Waals surface area contributed by atoms with Crippen molar-refractivity contribution in [3.05, 3.63) is 53.1 Å². The van der Waals surface area contributed by atoms with Gasteiger partial charge in [-0.15, -0.1) is 0 Å². The van der Waals surface area contributed by atoms with E-state index in [1.54, 1.807) is 38.1 Å². The summed E-state index contributed by atoms with van der Waals surface area (Å²) in [7, 11) is -3.66. The van der Waals surface area contributed by atoms with E-state index in [-0.39, 0.29) is 10.6 Å². The van der Waals surface area contributed by atoms with Crippen LogP contribution in [0.2, 0.25) is 0 Å². The summed E-state index contributed by atoms with van der Waals surface area (Å²) in [6.07, 6.45) is 0. The quantitative estimate of drug-likeness (QED) is 0.913. The first-order chi connectivity index (χ1) is 9.31. The molecule has 0 radical (unpaired) electrons. The van der Waals surface area contributed by atoms with Crippen LogP contribution in [0.1, 0.15) is 16.7 Å². The van der Waals surface area contributed by atoms with E-state index in [1.165, 1.54) is 6.07 Å². The van der Waals surface area contributed by atoms with Crippen LogP contribution in [0.15, 0.2) is 41.3 Å². The number of benzene rings is 2. The summed E-state index contributed by atoms with van der Waals surface area (Å²) < 4.78 is 27.3. The summed E-state index contributed by atoms with van der Waals surface area (Å²) in [5, 5.41) is 9.62. The Bertz CT molecular complexity index is 752. The Hall–Kier alpha value is -2.01. The summed E-state index contributed by atoms with van der Waals surface area (Å²) in [6.45, 7) is 5.34. The molecule has 0 aliphatic carbocycles. The van der Waals surface area contributed by atoms with Gasteiger partial charge in [-0.3, -0.25) is 4.72 Å². The highest BCUT2D eigenvalue weighted by Crippen LogP contribution is 2.27. The molecular weight excluding hydrogens is 274 g/mol. The second-order valence-corrected chi connectivity index (χ2v) is 6.47. The third-order valence-corrected chi connectivity index (χ3v) is 4.70. The number of rotatable bonds is 3. The van der Waals surface area contributed by atoms with Gasteiger partial charge in [0.1, 0.15) is 5.75 Å². The van der Waals surface area contributed by atoms with Crippen molar-refractivity contribution >= 4 is 15.7 Å². The molecule has 106 valence electrons. The van der Waals surface area contributed by atoms with E-state index in [1.807, 2.05) is 13.0 Å². The van der Waals surface area contributed by atoms with E-state index in [2.05, 4.69) is 4.72 Å². The molecule has 0 fully saturated rings. The zero-order chi connectivity index (χ0) is 14.9. The van der Waals surface area contributed by atoms with Gasteiger partial charge in [0.15, 0.2) is 0 Å². The molecule has 0 amide bonds. The molecule has 20 heavy (non-hydrogen) atoms. The first-order valence-corrected chi connectivity index (χ1v) is 7.68. The van der Waals surface area contributed by atoms with Gasteiger partial charge >= 0.3 is 0 Å². The smallest absolute Gasteiger partial charge is 0.262 e. The molecule has 2 rings (SSSR count). The summed E-state index contributed by atoms with van der Waals surface area (Å²) in [6, 6.07) is 9.91. The van der Waals surface area contributed by atoms with Crippen molar-refractivity contribution in [2.24, 2.45) is 0 Å². The molecular formula is C15H17NO3S. The van der Waals surface area contributed by atoms with Crippen LogP contribution in [0.5, 0.6) is 5.75 Å². The van der Waals surface area contributed by atoms with Gasteiger partial charge in [-0.05, 0) is 44.5 Å². The molecule has 2 N–H and O–H groups in total. The van der Waals surface area contributed by atoms with E-state index in [4.69, 9.17) is 0 Å². The molecule has 0 aliphatic rings. The van der Waals surface area contributed by atoms with Gasteiger partial charge in [-0.2, -0.15) is 0 Å². The van der Waals surface area contributed by atoms with Crippen molar-refractivity contribution in [3.8, 4) is 5.75 Å². The Morgan fingerprint density at radius 1 is 1.05 bits per heavy atom. The number of anilines is 1. The van der Waals surface area contributed by atoms with Crippen LogP contribution in [0.25, 0.3) is 0 Å². The lowest BCUT2D eigenvalue weighted by atomic mass is 10.2. The second kappa shape index (κ2) is 5.17. The minimum Gasteiger partial charge on any atom is -0.508 e. The Kier molecular flexibility index (Phi) is 3.72. The van der Waals surface area contributed by atoms with Crippen LogP contribution in [0, 0.1) is 20.8 Å². The van der Waals surface area contributed by atoms with E-state index >= 15 is 0 Å². The number of aromatic hydroxyl groups is 1. The Morgan fingerprint density at radius 3 is 2.40 bits per heavy atom. The van der Waals surface area contributed by atoms with E-state index in [0.717, 1.165) is 5.56 Å². The molecule has 5 heteroatoms. The molecule has 2 aromatic rings. The topological polar surface area (TPSA) is 66.4 Å². The molecule has 0 aromatic heterocycles. The van der Waals surface area contributed by atoms with Crippen LogP contribution < -0.4 is 4.72 Å². The van der Waals surface area contributed by atoms with Gasteiger partial charge in [0, 0.05) is 5.56 Å². The number of sulfonamides is 1. The predicted octanol–water partition coefficient (Wildman–Crippen LogP) is 3.12. The number of aryl methyl sites for hydroxylation is 2. The Balaban J connectivity index is 2.44. The lowest BCUT2D eigenvalue weighted by Crippen LogP contribution is -2.15. The van der Waals surface area contributed by atoms with Crippen molar-refractivity contribution in [3.63, 3.8) is 0 Å². The van der Waals surface area contributed by atoms with Crippen LogP contribution >= 0.6 is 0 Å². The fourth-order valence-electron chi connectivity index (χ4n) is 2.03. The van der Waals surface area contributed by atoms with Crippen molar-refractivity contribution in [1.82, 2.24) is 0 Å². The number of phenolic OH excluding ortho intramolecular Hbond substituents is 1. The zero-order valence-electron chi connectivity index (χ0n) is 11.6. The average molecular weight is 291 g/mol. The van der Waals surface area contributed by atoms with Crippen molar-refractivity contribution < 1.29 is 13.5 Å². The fourth-order valence-corrected chi connectivity index (χ4v) is 3.39. The van der Waals surface area contributed by atoms with Gasteiger partial charge in [-0.1, -0.05) is 23.8 Å². The largest absolute Gasteiger partial charge is 0.508 e. The summed E-state index contributed by atoms with van der Waals surface area (Å²) >= 11 is 0. The monoisotopic (exact) mass is 291 g/mol. The third kappa shape index (κ3) is 2.77. The van der Waals surface area contributed by atoms with Gasteiger partial charge in [0.05, 0.1) is 10.6 Å². The minimum atomic E-state index is -3.66. The fraction of sp³-hybridized carbons (Fsp3) is 0.200. The molecule has 0 atom stereocenters. The Labute approximate surface area is 119 Å². The highest BCUT2D eigenvalue weighted by Gasteiger charge is 2.18. The number of hydrogen-bond donors (Lipinski definition) is 2. The molecule has 0 spiro atoms. The predicted molar refractivity (Wildman–Crippen MR) is 79.6 cm³/mol. The van der Waals surface area contributed by atoms with Crippen molar-refractivity contribution in [2.45, 2.75) is 25.7 Å². The molecule has 4 nitrogen and oxygen atoms in total. The Morgan fingerprint density at radius 2 is 1.75 bits per heavy atom. The SMILES string of the molecule is Cc1ccc(S(=O)(=O)Nc2cccc(O)c2C)c(C)c1. The van der Waals surface area contributed by atoms with Gasteiger partial charge in [-0.25, -0.2) is 8.42 Å². The average Bonchev–Trinajstić information content (AvgIpc) is 2.34.